The van der Waals surface area contributed by atoms with E-state index >= 15 is 0 Å². The summed E-state index contributed by atoms with van der Waals surface area (Å²) >= 11 is 0. The zero-order valence-corrected chi connectivity index (χ0v) is 19.0. The monoisotopic (exact) mass is 433 g/mol. The maximum Gasteiger partial charge on any atom is 0.265 e. The first-order valence-electron chi connectivity index (χ1n) is 10.8. The second-order valence-electron chi connectivity index (χ2n) is 8.44. The maximum atomic E-state index is 13.3. The van der Waals surface area contributed by atoms with Crippen LogP contribution in [0.4, 0.5) is 15.9 Å². The van der Waals surface area contributed by atoms with E-state index in [2.05, 4.69) is 39.1 Å². The first-order valence-corrected chi connectivity index (χ1v) is 10.8. The highest BCUT2D eigenvalue weighted by Gasteiger charge is 2.31. The number of hydrogen-bond acceptors (Lipinski definition) is 6. The number of imidazole rings is 1. The van der Waals surface area contributed by atoms with Crippen molar-refractivity contribution in [3.8, 4) is 5.97 Å². The summed E-state index contributed by atoms with van der Waals surface area (Å²) in [6.07, 6.45) is 7.43. The van der Waals surface area contributed by atoms with Gasteiger partial charge < -0.3 is 20.0 Å². The molecule has 166 valence electrons. The molecule has 9 heteroatoms. The van der Waals surface area contributed by atoms with Crippen molar-refractivity contribution in [1.29, 1.82) is 10.7 Å². The van der Waals surface area contributed by atoms with E-state index in [-0.39, 0.29) is 6.71 Å². The number of nitrogens with one attached hydrogen (secondary N) is 2. The Morgan fingerprint density at radius 3 is 2.78 bits per heavy atom. The van der Waals surface area contributed by atoms with Crippen molar-refractivity contribution in [2.24, 2.45) is 11.8 Å². The molecule has 1 aliphatic heterocycles. The number of hydrogen-bond donors (Lipinski definition) is 2. The van der Waals surface area contributed by atoms with E-state index in [1.807, 2.05) is 26.1 Å². The molecule has 2 unspecified atom stereocenters. The zero-order chi connectivity index (χ0) is 23.3. The molecule has 0 saturated carbocycles. The summed E-state index contributed by atoms with van der Waals surface area (Å²) < 4.78 is 14.8. The number of rotatable bonds is 5. The van der Waals surface area contributed by atoms with Crippen LogP contribution in [0.3, 0.4) is 0 Å². The third kappa shape index (κ3) is 5.44. The number of nitriles is 1. The van der Waals surface area contributed by atoms with Gasteiger partial charge in [0, 0.05) is 50.3 Å². The number of anilines is 2. The molecule has 1 saturated heterocycles. The molecule has 32 heavy (non-hydrogen) atoms. The van der Waals surface area contributed by atoms with Gasteiger partial charge in [0.15, 0.2) is 11.5 Å². The predicted octanol–water partition coefficient (Wildman–Crippen LogP) is 4.16. The highest BCUT2D eigenvalue weighted by atomic mass is 19.1. The summed E-state index contributed by atoms with van der Waals surface area (Å²) in [6.45, 7) is 8.34. The normalized spacial score (nSPS) is 17.4. The van der Waals surface area contributed by atoms with E-state index in [4.69, 9.17) is 10.7 Å². The topological polar surface area (TPSA) is 93.1 Å². The van der Waals surface area contributed by atoms with Crippen LogP contribution in [-0.2, 0) is 0 Å². The van der Waals surface area contributed by atoms with Crippen LogP contribution in [0.5, 0.6) is 0 Å². The molecular formula is C23H29BFN7. The van der Waals surface area contributed by atoms with E-state index in [1.54, 1.807) is 23.7 Å². The Morgan fingerprint density at radius 1 is 1.38 bits per heavy atom. The predicted molar refractivity (Wildman–Crippen MR) is 128 cm³/mol. The van der Waals surface area contributed by atoms with Gasteiger partial charge in [-0.05, 0) is 37.0 Å². The average molecular weight is 433 g/mol. The lowest BCUT2D eigenvalue weighted by atomic mass is 9.48. The number of aryl methyl sites for hydroxylation is 1. The van der Waals surface area contributed by atoms with Gasteiger partial charge in [0.05, 0.1) is 17.6 Å². The summed E-state index contributed by atoms with van der Waals surface area (Å²) in [5.74, 6) is 4.09. The molecule has 0 bridgehead atoms. The van der Waals surface area contributed by atoms with E-state index in [0.29, 0.717) is 23.0 Å². The van der Waals surface area contributed by atoms with Crippen molar-refractivity contribution >= 4 is 30.1 Å². The Balaban J connectivity index is 0.000000193. The zero-order valence-electron chi connectivity index (χ0n) is 19.0. The van der Waals surface area contributed by atoms with Crippen LogP contribution >= 0.6 is 0 Å². The fourth-order valence-corrected chi connectivity index (χ4v) is 4.06. The summed E-state index contributed by atoms with van der Waals surface area (Å²) in [4.78, 5) is 10.7. The van der Waals surface area contributed by atoms with E-state index in [1.165, 1.54) is 11.8 Å². The number of aromatic nitrogens is 3. The average Bonchev–Trinajstić information content (AvgIpc) is 3.36. The van der Waals surface area contributed by atoms with Crippen molar-refractivity contribution in [1.82, 2.24) is 14.4 Å². The van der Waals surface area contributed by atoms with Gasteiger partial charge in [-0.15, -0.1) is 0 Å². The van der Waals surface area contributed by atoms with Gasteiger partial charge in [0.25, 0.3) is 6.71 Å². The first-order chi connectivity index (χ1) is 15.3. The molecular weight excluding hydrogens is 404 g/mol. The largest absolute Gasteiger partial charge is 0.373 e. The van der Waals surface area contributed by atoms with Gasteiger partial charge in [-0.3, -0.25) is 0 Å². The van der Waals surface area contributed by atoms with Crippen molar-refractivity contribution < 1.29 is 4.39 Å². The Labute approximate surface area is 188 Å². The van der Waals surface area contributed by atoms with Crippen molar-refractivity contribution in [2.75, 3.05) is 30.4 Å². The number of pyridine rings is 2. The van der Waals surface area contributed by atoms with Crippen LogP contribution in [0.2, 0.25) is 13.1 Å². The fraction of sp³-hybridized carbons (Fsp3) is 0.391. The molecule has 1 aliphatic rings. The quantitative estimate of drug-likeness (QED) is 0.466. The molecule has 2 atom stereocenters. The molecule has 3 aromatic heterocycles. The highest BCUT2D eigenvalue weighted by molar-refractivity contribution is 6.65. The van der Waals surface area contributed by atoms with Crippen molar-refractivity contribution in [3.63, 3.8) is 0 Å². The smallest absolute Gasteiger partial charge is 0.265 e. The van der Waals surface area contributed by atoms with Crippen LogP contribution in [0, 0.1) is 41.2 Å². The third-order valence-electron chi connectivity index (χ3n) is 5.83. The van der Waals surface area contributed by atoms with Crippen LogP contribution in [0.25, 0.3) is 5.65 Å². The number of nitrogens with zero attached hydrogens (tertiary/aromatic N) is 5. The van der Waals surface area contributed by atoms with Gasteiger partial charge in [-0.2, -0.15) is 0 Å². The first kappa shape index (κ1) is 23.3. The third-order valence-corrected chi connectivity index (χ3v) is 5.83. The maximum absolute atomic E-state index is 13.3. The lowest BCUT2D eigenvalue weighted by Crippen LogP contribution is -2.21. The molecule has 0 aromatic carbocycles. The Hall–Kier alpha value is -3.41. The van der Waals surface area contributed by atoms with Gasteiger partial charge >= 0.3 is 0 Å². The molecule has 7 nitrogen and oxygen atoms in total. The Bertz CT molecular complexity index is 1110. The summed E-state index contributed by atoms with van der Waals surface area (Å²) in [5.41, 5.74) is 2.78. The van der Waals surface area contributed by atoms with Crippen LogP contribution in [0.1, 0.15) is 18.2 Å². The minimum absolute atomic E-state index is 0.150. The van der Waals surface area contributed by atoms with Gasteiger partial charge in [-0.1, -0.05) is 20.1 Å². The molecule has 0 amide bonds. The minimum atomic E-state index is -0.394. The van der Waals surface area contributed by atoms with E-state index in [0.717, 1.165) is 37.1 Å². The highest BCUT2D eigenvalue weighted by Crippen LogP contribution is 2.31. The number of halogens is 1. The van der Waals surface area contributed by atoms with Crippen molar-refractivity contribution in [2.45, 2.75) is 27.0 Å². The van der Waals surface area contributed by atoms with Crippen LogP contribution in [0.15, 0.2) is 36.8 Å². The summed E-state index contributed by atoms with van der Waals surface area (Å²) in [7, 11) is 1.87. The van der Waals surface area contributed by atoms with Gasteiger partial charge in [-0.25, -0.2) is 19.6 Å². The number of fused-ring (bicyclic) bond motifs is 1. The lowest BCUT2D eigenvalue weighted by Gasteiger charge is -2.18. The second kappa shape index (κ2) is 10.3. The molecule has 1 fully saturated rings. The van der Waals surface area contributed by atoms with Crippen LogP contribution < -0.4 is 10.2 Å². The molecule has 0 spiro atoms. The fourth-order valence-electron chi connectivity index (χ4n) is 4.06. The molecule has 2 N–H and O–H groups in total. The second-order valence-corrected chi connectivity index (χ2v) is 8.44. The van der Waals surface area contributed by atoms with Gasteiger partial charge in [0.2, 0.25) is 0 Å². The SMILES string of the molecule is CNc1ccc(N2CC(C)C(CB(C)C#N)C2)cn1.Cc1cn2cc(C=N)cc(F)c2n1. The Morgan fingerprint density at radius 2 is 2.16 bits per heavy atom. The van der Waals surface area contributed by atoms with Gasteiger partial charge in [0.1, 0.15) is 5.82 Å². The summed E-state index contributed by atoms with van der Waals surface area (Å²) in [5, 5.41) is 19.0. The molecule has 4 rings (SSSR count). The lowest BCUT2D eigenvalue weighted by molar-refractivity contribution is 0.491. The standard InChI is InChI=1S/C14H21BN4.C9H8FN3/c1-11-8-19(9-12(11)6-15(2)10-16)13-4-5-14(17-3)18-7-13;1-6-4-13-5-7(3-11)2-8(10)9(13)12-6/h4-5,7,11-12H,6,8-9H2,1-3H3,(H,17,18);2-5,11H,1H3. The van der Waals surface area contributed by atoms with E-state index in [9.17, 15) is 4.39 Å². The van der Waals surface area contributed by atoms with Crippen LogP contribution in [-0.4, -0.2) is 47.4 Å². The Kier molecular flexibility index (Phi) is 7.47. The summed E-state index contributed by atoms with van der Waals surface area (Å²) in [6, 6.07) is 5.42. The minimum Gasteiger partial charge on any atom is -0.373 e. The molecule has 3 aromatic rings. The van der Waals surface area contributed by atoms with Crippen molar-refractivity contribution in [3.05, 3.63) is 53.9 Å². The molecule has 0 aliphatic carbocycles. The van der Waals surface area contributed by atoms with E-state index < -0.39 is 5.82 Å². The molecule has 0 radical (unpaired) electrons. The molecule has 4 heterocycles.